The molecule has 0 aliphatic heterocycles. The van der Waals surface area contributed by atoms with Gasteiger partial charge in [-0.2, -0.15) is 0 Å². The molecule has 0 aromatic carbocycles. The topological polar surface area (TPSA) is 9.23 Å². The summed E-state index contributed by atoms with van der Waals surface area (Å²) in [5.41, 5.74) is 0.274. The highest BCUT2D eigenvalue weighted by Crippen LogP contribution is 2.30. The van der Waals surface area contributed by atoms with Gasteiger partial charge in [0, 0.05) is 5.33 Å². The predicted molar refractivity (Wildman–Crippen MR) is 69.6 cm³/mol. The Labute approximate surface area is 103 Å². The number of ether oxygens (including phenoxy) is 1. The van der Waals surface area contributed by atoms with Gasteiger partial charge in [0.25, 0.3) is 0 Å². The van der Waals surface area contributed by atoms with E-state index in [1.54, 1.807) is 0 Å². The fourth-order valence-corrected chi connectivity index (χ4v) is 2.39. The molecule has 2 heteroatoms. The highest BCUT2D eigenvalue weighted by molar-refractivity contribution is 9.09. The van der Waals surface area contributed by atoms with E-state index in [1.165, 1.54) is 32.1 Å². The van der Waals surface area contributed by atoms with Crippen molar-refractivity contribution in [1.29, 1.82) is 0 Å². The first-order valence-electron chi connectivity index (χ1n) is 6.26. The van der Waals surface area contributed by atoms with E-state index in [9.17, 15) is 0 Å². The van der Waals surface area contributed by atoms with Crippen LogP contribution < -0.4 is 0 Å². The Kier molecular flexibility index (Phi) is 5.62. The van der Waals surface area contributed by atoms with Gasteiger partial charge in [-0.05, 0) is 24.2 Å². The molecule has 0 aromatic rings. The SMILES string of the molecule is CCC1CCCCC1OCC(C)(C)CBr. The standard InChI is InChI=1S/C13H25BrO/c1-4-11-7-5-6-8-12(11)15-10-13(2,3)9-14/h11-12H,4-10H2,1-3H3. The van der Waals surface area contributed by atoms with E-state index < -0.39 is 0 Å². The van der Waals surface area contributed by atoms with Gasteiger partial charge >= 0.3 is 0 Å². The van der Waals surface area contributed by atoms with Gasteiger partial charge in [-0.15, -0.1) is 0 Å². The summed E-state index contributed by atoms with van der Waals surface area (Å²) in [6.45, 7) is 7.69. The number of hydrogen-bond donors (Lipinski definition) is 0. The van der Waals surface area contributed by atoms with Gasteiger partial charge in [-0.1, -0.05) is 56.0 Å². The smallest absolute Gasteiger partial charge is 0.0603 e. The molecular formula is C13H25BrO. The molecule has 0 N–H and O–H groups in total. The van der Waals surface area contributed by atoms with Crippen LogP contribution in [-0.4, -0.2) is 18.0 Å². The number of rotatable bonds is 5. The molecule has 1 aliphatic carbocycles. The van der Waals surface area contributed by atoms with Crippen molar-refractivity contribution in [1.82, 2.24) is 0 Å². The maximum absolute atomic E-state index is 6.11. The van der Waals surface area contributed by atoms with E-state index in [4.69, 9.17) is 4.74 Å². The molecule has 1 rings (SSSR count). The minimum Gasteiger partial charge on any atom is -0.377 e. The quantitative estimate of drug-likeness (QED) is 0.677. The van der Waals surface area contributed by atoms with Gasteiger partial charge in [-0.25, -0.2) is 0 Å². The molecule has 1 fully saturated rings. The minimum atomic E-state index is 0.274. The Hall–Kier alpha value is 0.440. The Morgan fingerprint density at radius 2 is 1.93 bits per heavy atom. The number of halogens is 1. The number of hydrogen-bond acceptors (Lipinski definition) is 1. The van der Waals surface area contributed by atoms with Gasteiger partial charge in [0.2, 0.25) is 0 Å². The zero-order valence-electron chi connectivity index (χ0n) is 10.4. The molecule has 0 aromatic heterocycles. The van der Waals surface area contributed by atoms with Crippen LogP contribution in [0.5, 0.6) is 0 Å². The van der Waals surface area contributed by atoms with Crippen LogP contribution in [0.4, 0.5) is 0 Å². The van der Waals surface area contributed by atoms with Crippen molar-refractivity contribution in [3.8, 4) is 0 Å². The van der Waals surface area contributed by atoms with Crippen molar-refractivity contribution in [3.05, 3.63) is 0 Å². The summed E-state index contributed by atoms with van der Waals surface area (Å²) in [5.74, 6) is 0.810. The average Bonchev–Trinajstić information content (AvgIpc) is 2.27. The van der Waals surface area contributed by atoms with E-state index in [-0.39, 0.29) is 5.41 Å². The van der Waals surface area contributed by atoms with Crippen molar-refractivity contribution in [2.24, 2.45) is 11.3 Å². The zero-order valence-corrected chi connectivity index (χ0v) is 12.0. The summed E-state index contributed by atoms with van der Waals surface area (Å²) >= 11 is 3.55. The highest BCUT2D eigenvalue weighted by Gasteiger charge is 2.26. The third-order valence-electron chi connectivity index (χ3n) is 3.41. The summed E-state index contributed by atoms with van der Waals surface area (Å²) in [7, 11) is 0. The lowest BCUT2D eigenvalue weighted by atomic mass is 9.84. The van der Waals surface area contributed by atoms with Crippen molar-refractivity contribution in [2.45, 2.75) is 59.0 Å². The van der Waals surface area contributed by atoms with Crippen LogP contribution in [0, 0.1) is 11.3 Å². The first kappa shape index (κ1) is 13.5. The molecule has 0 amide bonds. The van der Waals surface area contributed by atoms with E-state index in [0.29, 0.717) is 6.10 Å². The molecule has 0 saturated heterocycles. The first-order chi connectivity index (χ1) is 7.09. The lowest BCUT2D eigenvalue weighted by Crippen LogP contribution is -2.32. The molecule has 0 heterocycles. The molecule has 90 valence electrons. The molecule has 1 saturated carbocycles. The molecule has 1 nitrogen and oxygen atoms in total. The maximum atomic E-state index is 6.11. The molecule has 15 heavy (non-hydrogen) atoms. The Morgan fingerprint density at radius 1 is 1.27 bits per heavy atom. The molecule has 0 radical (unpaired) electrons. The summed E-state index contributed by atoms with van der Waals surface area (Å²) in [6, 6.07) is 0. The number of alkyl halides is 1. The molecule has 0 bridgehead atoms. The predicted octanol–water partition coefficient (Wildman–Crippen LogP) is 4.39. The Balaban J connectivity index is 2.35. The average molecular weight is 277 g/mol. The third kappa shape index (κ3) is 4.44. The second-order valence-corrected chi connectivity index (χ2v) is 6.16. The fraction of sp³-hybridized carbons (Fsp3) is 1.00. The van der Waals surface area contributed by atoms with Crippen molar-refractivity contribution >= 4 is 15.9 Å². The lowest BCUT2D eigenvalue weighted by Gasteiger charge is -2.33. The minimum absolute atomic E-state index is 0.274. The van der Waals surface area contributed by atoms with Crippen molar-refractivity contribution in [2.75, 3.05) is 11.9 Å². The highest BCUT2D eigenvalue weighted by atomic mass is 79.9. The molecule has 1 aliphatic rings. The van der Waals surface area contributed by atoms with Gasteiger partial charge in [0.1, 0.15) is 0 Å². The second kappa shape index (κ2) is 6.24. The van der Waals surface area contributed by atoms with Crippen LogP contribution in [-0.2, 0) is 4.74 Å². The fourth-order valence-electron chi connectivity index (χ4n) is 2.23. The van der Waals surface area contributed by atoms with Gasteiger partial charge in [-0.3, -0.25) is 0 Å². The zero-order chi connectivity index (χ0) is 11.3. The Bertz CT molecular complexity index is 179. The first-order valence-corrected chi connectivity index (χ1v) is 7.39. The van der Waals surface area contributed by atoms with Crippen LogP contribution in [0.1, 0.15) is 52.9 Å². The second-order valence-electron chi connectivity index (χ2n) is 5.60. The molecular weight excluding hydrogens is 252 g/mol. The van der Waals surface area contributed by atoms with Gasteiger partial charge < -0.3 is 4.74 Å². The van der Waals surface area contributed by atoms with Crippen LogP contribution in [0.2, 0.25) is 0 Å². The third-order valence-corrected chi connectivity index (χ3v) is 4.93. The van der Waals surface area contributed by atoms with Crippen LogP contribution >= 0.6 is 15.9 Å². The van der Waals surface area contributed by atoms with Crippen molar-refractivity contribution in [3.63, 3.8) is 0 Å². The van der Waals surface area contributed by atoms with Crippen molar-refractivity contribution < 1.29 is 4.74 Å². The summed E-state index contributed by atoms with van der Waals surface area (Å²) in [5, 5.41) is 1.02. The van der Waals surface area contributed by atoms with Gasteiger partial charge in [0.15, 0.2) is 0 Å². The van der Waals surface area contributed by atoms with E-state index >= 15 is 0 Å². The summed E-state index contributed by atoms with van der Waals surface area (Å²) in [6.07, 6.45) is 7.21. The summed E-state index contributed by atoms with van der Waals surface area (Å²) in [4.78, 5) is 0. The van der Waals surface area contributed by atoms with Crippen LogP contribution in [0.15, 0.2) is 0 Å². The van der Waals surface area contributed by atoms with Gasteiger partial charge in [0.05, 0.1) is 12.7 Å². The molecule has 0 spiro atoms. The lowest BCUT2D eigenvalue weighted by molar-refractivity contribution is -0.0404. The molecule has 2 atom stereocenters. The molecule has 2 unspecified atom stereocenters. The van der Waals surface area contributed by atoms with E-state index in [0.717, 1.165) is 17.9 Å². The van der Waals surface area contributed by atoms with Crippen LogP contribution in [0.3, 0.4) is 0 Å². The van der Waals surface area contributed by atoms with E-state index in [2.05, 4.69) is 36.7 Å². The monoisotopic (exact) mass is 276 g/mol. The maximum Gasteiger partial charge on any atom is 0.0603 e. The van der Waals surface area contributed by atoms with E-state index in [1.807, 2.05) is 0 Å². The van der Waals surface area contributed by atoms with Crippen LogP contribution in [0.25, 0.3) is 0 Å². The Morgan fingerprint density at radius 3 is 2.53 bits per heavy atom. The summed E-state index contributed by atoms with van der Waals surface area (Å²) < 4.78 is 6.11. The normalized spacial score (nSPS) is 28.0. The largest absolute Gasteiger partial charge is 0.377 e.